The molecule has 1 aliphatic heterocycles. The largest absolute Gasteiger partial charge is 0.453 e. The van der Waals surface area contributed by atoms with Gasteiger partial charge in [-0.15, -0.1) is 0 Å². The number of methoxy groups -OCH3 is 1. The first-order valence-electron chi connectivity index (χ1n) is 5.10. The van der Waals surface area contributed by atoms with E-state index in [1.807, 2.05) is 0 Å². The number of hydrogen-bond donors (Lipinski definition) is 1. The number of nitrogens with zero attached hydrogens (tertiary/aromatic N) is 1. The third kappa shape index (κ3) is 2.47. The molecule has 1 heterocycles. The highest BCUT2D eigenvalue weighted by atomic mass is 16.6. The third-order valence-electron chi connectivity index (χ3n) is 2.37. The molecule has 0 radical (unpaired) electrons. The molecule has 17 heavy (non-hydrogen) atoms. The molecular weight excluding hydrogens is 224 g/mol. The van der Waals surface area contributed by atoms with Crippen LogP contribution in [0.1, 0.15) is 0 Å². The van der Waals surface area contributed by atoms with E-state index in [0.717, 1.165) is 5.69 Å². The Morgan fingerprint density at radius 3 is 2.65 bits per heavy atom. The molecule has 1 N–H and O–H groups in total. The van der Waals surface area contributed by atoms with Gasteiger partial charge in [0, 0.05) is 11.4 Å². The molecule has 1 aromatic rings. The number of anilines is 2. The molecule has 2 amide bonds. The van der Waals surface area contributed by atoms with Crippen LogP contribution in [0.3, 0.4) is 0 Å². The van der Waals surface area contributed by atoms with Gasteiger partial charge in [0.05, 0.1) is 13.7 Å². The van der Waals surface area contributed by atoms with Crippen LogP contribution < -0.4 is 10.2 Å². The Morgan fingerprint density at radius 2 is 2.12 bits per heavy atom. The van der Waals surface area contributed by atoms with Crippen LogP contribution in [0.4, 0.5) is 21.0 Å². The quantitative estimate of drug-likeness (QED) is 0.850. The average molecular weight is 236 g/mol. The maximum atomic E-state index is 11.3. The second-order valence-corrected chi connectivity index (χ2v) is 3.43. The molecule has 1 saturated heterocycles. The minimum absolute atomic E-state index is 0.348. The van der Waals surface area contributed by atoms with Gasteiger partial charge in [0.1, 0.15) is 6.61 Å². The van der Waals surface area contributed by atoms with Crippen LogP contribution in [0.25, 0.3) is 0 Å². The number of carbonyl (C=O) groups is 2. The Labute approximate surface area is 98.1 Å². The molecule has 90 valence electrons. The summed E-state index contributed by atoms with van der Waals surface area (Å²) in [4.78, 5) is 23.8. The number of nitrogens with one attached hydrogen (secondary N) is 1. The summed E-state index contributed by atoms with van der Waals surface area (Å²) in [5.74, 6) is 0. The lowest BCUT2D eigenvalue weighted by Crippen LogP contribution is -2.23. The zero-order valence-corrected chi connectivity index (χ0v) is 9.30. The zero-order valence-electron chi connectivity index (χ0n) is 9.30. The third-order valence-corrected chi connectivity index (χ3v) is 2.37. The molecule has 0 aliphatic carbocycles. The van der Waals surface area contributed by atoms with Crippen LogP contribution in [0.5, 0.6) is 0 Å². The fourth-order valence-electron chi connectivity index (χ4n) is 1.52. The second kappa shape index (κ2) is 4.73. The lowest BCUT2D eigenvalue weighted by Gasteiger charge is -2.13. The summed E-state index contributed by atoms with van der Waals surface area (Å²) in [6.45, 7) is 0.948. The predicted octanol–water partition coefficient (Wildman–Crippen LogP) is 1.82. The first kappa shape index (κ1) is 11.3. The molecule has 0 aromatic heterocycles. The van der Waals surface area contributed by atoms with Gasteiger partial charge >= 0.3 is 12.2 Å². The summed E-state index contributed by atoms with van der Waals surface area (Å²) in [5.41, 5.74) is 1.34. The van der Waals surface area contributed by atoms with E-state index < -0.39 is 6.09 Å². The Morgan fingerprint density at radius 1 is 1.41 bits per heavy atom. The number of amides is 2. The van der Waals surface area contributed by atoms with Crippen molar-refractivity contribution in [3.8, 4) is 0 Å². The molecular formula is C11H12N2O4. The Balaban J connectivity index is 2.07. The summed E-state index contributed by atoms with van der Waals surface area (Å²) < 4.78 is 9.30. The molecule has 0 saturated carbocycles. The van der Waals surface area contributed by atoms with E-state index in [-0.39, 0.29) is 6.09 Å². The van der Waals surface area contributed by atoms with Crippen LogP contribution >= 0.6 is 0 Å². The lowest BCUT2D eigenvalue weighted by atomic mass is 10.2. The highest BCUT2D eigenvalue weighted by Gasteiger charge is 2.23. The molecule has 1 aliphatic rings. The molecule has 0 unspecified atom stereocenters. The smallest absolute Gasteiger partial charge is 0.414 e. The Hall–Kier alpha value is -2.24. The van der Waals surface area contributed by atoms with Gasteiger partial charge in [-0.2, -0.15) is 0 Å². The van der Waals surface area contributed by atoms with E-state index >= 15 is 0 Å². The van der Waals surface area contributed by atoms with Gasteiger partial charge in [-0.05, 0) is 24.3 Å². The minimum Gasteiger partial charge on any atom is -0.453 e. The van der Waals surface area contributed by atoms with Crippen LogP contribution in [0, 0.1) is 0 Å². The van der Waals surface area contributed by atoms with Crippen molar-refractivity contribution < 1.29 is 19.1 Å². The van der Waals surface area contributed by atoms with E-state index in [1.165, 1.54) is 12.0 Å². The SMILES string of the molecule is COC(=O)Nc1ccc(N2CCOC2=O)cc1. The van der Waals surface area contributed by atoms with Crippen molar-refractivity contribution in [3.63, 3.8) is 0 Å². The number of hydrogen-bond acceptors (Lipinski definition) is 4. The molecule has 0 bridgehead atoms. The maximum Gasteiger partial charge on any atom is 0.414 e. The standard InChI is InChI=1S/C11H12N2O4/c1-16-10(14)12-8-2-4-9(5-3-8)13-6-7-17-11(13)15/h2-5H,6-7H2,1H3,(H,12,14). The van der Waals surface area contributed by atoms with Crippen LogP contribution in [0.15, 0.2) is 24.3 Å². The van der Waals surface area contributed by atoms with Gasteiger partial charge in [0.2, 0.25) is 0 Å². The van der Waals surface area contributed by atoms with Gasteiger partial charge in [-0.3, -0.25) is 10.2 Å². The van der Waals surface area contributed by atoms with Crippen molar-refractivity contribution in [2.24, 2.45) is 0 Å². The van der Waals surface area contributed by atoms with Crippen LogP contribution in [-0.4, -0.2) is 32.4 Å². The van der Waals surface area contributed by atoms with E-state index in [9.17, 15) is 9.59 Å². The van der Waals surface area contributed by atoms with Crippen molar-refractivity contribution in [2.45, 2.75) is 0 Å². The lowest BCUT2D eigenvalue weighted by molar-refractivity contribution is 0.181. The van der Waals surface area contributed by atoms with Gasteiger partial charge in [-0.1, -0.05) is 0 Å². The summed E-state index contributed by atoms with van der Waals surface area (Å²) in [5, 5.41) is 2.52. The zero-order chi connectivity index (χ0) is 12.3. The minimum atomic E-state index is -0.529. The second-order valence-electron chi connectivity index (χ2n) is 3.43. The first-order chi connectivity index (χ1) is 8.20. The van der Waals surface area contributed by atoms with Gasteiger partial charge in [0.15, 0.2) is 0 Å². The monoisotopic (exact) mass is 236 g/mol. The Kier molecular flexibility index (Phi) is 3.13. The number of rotatable bonds is 2. The summed E-state index contributed by atoms with van der Waals surface area (Å²) in [6.07, 6.45) is -0.878. The van der Waals surface area contributed by atoms with Gasteiger partial charge < -0.3 is 9.47 Å². The molecule has 0 atom stereocenters. The van der Waals surface area contributed by atoms with Crippen molar-refractivity contribution in [3.05, 3.63) is 24.3 Å². The number of ether oxygens (including phenoxy) is 2. The molecule has 1 fully saturated rings. The van der Waals surface area contributed by atoms with Gasteiger partial charge in [-0.25, -0.2) is 9.59 Å². The highest BCUT2D eigenvalue weighted by Crippen LogP contribution is 2.20. The Bertz CT molecular complexity index is 430. The van der Waals surface area contributed by atoms with Crippen molar-refractivity contribution in [1.82, 2.24) is 0 Å². The van der Waals surface area contributed by atoms with E-state index in [2.05, 4.69) is 10.1 Å². The molecule has 1 aromatic carbocycles. The topological polar surface area (TPSA) is 67.9 Å². The molecule has 2 rings (SSSR count). The maximum absolute atomic E-state index is 11.3. The fourth-order valence-corrected chi connectivity index (χ4v) is 1.52. The van der Waals surface area contributed by atoms with E-state index in [0.29, 0.717) is 18.8 Å². The number of carbonyl (C=O) groups excluding carboxylic acids is 2. The summed E-state index contributed by atoms with van der Waals surface area (Å²) in [7, 11) is 1.30. The number of cyclic esters (lactones) is 1. The van der Waals surface area contributed by atoms with Crippen LogP contribution in [-0.2, 0) is 9.47 Å². The van der Waals surface area contributed by atoms with Crippen LogP contribution in [0.2, 0.25) is 0 Å². The van der Waals surface area contributed by atoms with Crippen molar-refractivity contribution in [1.29, 1.82) is 0 Å². The summed E-state index contributed by atoms with van der Waals surface area (Å²) >= 11 is 0. The van der Waals surface area contributed by atoms with Gasteiger partial charge in [0.25, 0.3) is 0 Å². The number of benzene rings is 1. The fraction of sp³-hybridized carbons (Fsp3) is 0.273. The van der Waals surface area contributed by atoms with E-state index in [1.54, 1.807) is 24.3 Å². The van der Waals surface area contributed by atoms with E-state index in [4.69, 9.17) is 4.74 Å². The van der Waals surface area contributed by atoms with Crippen molar-refractivity contribution >= 4 is 23.6 Å². The molecule has 0 spiro atoms. The normalized spacial score (nSPS) is 14.4. The highest BCUT2D eigenvalue weighted by molar-refractivity contribution is 5.90. The predicted molar refractivity (Wildman–Crippen MR) is 61.2 cm³/mol. The van der Waals surface area contributed by atoms with Crippen molar-refractivity contribution in [2.75, 3.05) is 30.5 Å². The average Bonchev–Trinajstić information content (AvgIpc) is 2.76. The molecule has 6 nitrogen and oxygen atoms in total. The first-order valence-corrected chi connectivity index (χ1v) is 5.10. The summed E-state index contributed by atoms with van der Waals surface area (Å²) in [6, 6.07) is 6.85. The molecule has 6 heteroatoms.